The summed E-state index contributed by atoms with van der Waals surface area (Å²) < 4.78 is 20.7. The van der Waals surface area contributed by atoms with Gasteiger partial charge in [0.15, 0.2) is 5.82 Å². The molecular weight excluding hydrogens is 387 g/mol. The van der Waals surface area contributed by atoms with Crippen molar-refractivity contribution >= 4 is 5.91 Å². The number of nitrogens with one attached hydrogen (secondary N) is 1. The monoisotopic (exact) mass is 404 g/mol. The van der Waals surface area contributed by atoms with Gasteiger partial charge in [-0.15, -0.1) is 0 Å². The van der Waals surface area contributed by atoms with Crippen molar-refractivity contribution in [2.24, 2.45) is 0 Å². The fourth-order valence-corrected chi connectivity index (χ4v) is 3.03. The summed E-state index contributed by atoms with van der Waals surface area (Å²) in [7, 11) is 0. The fraction of sp³-hybridized carbons (Fsp3) is 0.190. The van der Waals surface area contributed by atoms with Crippen LogP contribution in [0.15, 0.2) is 59.6 Å². The number of pyridine rings is 1. The normalized spacial score (nSPS) is 13.4. The summed E-state index contributed by atoms with van der Waals surface area (Å²) in [5.74, 6) is 1.36. The second kappa shape index (κ2) is 7.51. The Kier molecular flexibility index (Phi) is 4.55. The number of carbonyl (C=O) groups is 1. The number of halogens is 1. The van der Waals surface area contributed by atoms with E-state index >= 15 is 0 Å². The molecule has 150 valence electrons. The zero-order valence-electron chi connectivity index (χ0n) is 15.8. The van der Waals surface area contributed by atoms with E-state index in [1.165, 1.54) is 12.4 Å². The van der Waals surface area contributed by atoms with Crippen LogP contribution < -0.4 is 5.32 Å². The zero-order valence-corrected chi connectivity index (χ0v) is 15.8. The molecule has 30 heavy (non-hydrogen) atoms. The molecule has 1 aromatic carbocycles. The summed E-state index contributed by atoms with van der Waals surface area (Å²) in [5.41, 5.74) is 1.34. The van der Waals surface area contributed by atoms with Crippen molar-refractivity contribution in [3.8, 4) is 17.3 Å². The van der Waals surface area contributed by atoms with Crippen LogP contribution in [0.1, 0.15) is 40.6 Å². The second-order valence-electron chi connectivity index (χ2n) is 7.07. The van der Waals surface area contributed by atoms with Crippen molar-refractivity contribution < 1.29 is 13.7 Å². The van der Waals surface area contributed by atoms with E-state index < -0.39 is 5.91 Å². The van der Waals surface area contributed by atoms with Crippen LogP contribution in [0, 0.1) is 5.82 Å². The lowest BCUT2D eigenvalue weighted by atomic mass is 10.2. The molecule has 8 nitrogen and oxygen atoms in total. The van der Waals surface area contributed by atoms with E-state index in [0.717, 1.165) is 24.2 Å². The van der Waals surface area contributed by atoms with Gasteiger partial charge in [-0.05, 0) is 31.0 Å². The smallest absolute Gasteiger partial charge is 0.271 e. The molecule has 3 aromatic heterocycles. The first-order valence-corrected chi connectivity index (χ1v) is 9.53. The highest BCUT2D eigenvalue weighted by molar-refractivity contribution is 5.92. The predicted octanol–water partition coefficient (Wildman–Crippen LogP) is 3.26. The number of aromatic nitrogens is 5. The Balaban J connectivity index is 1.31. The van der Waals surface area contributed by atoms with Gasteiger partial charge in [-0.1, -0.05) is 23.4 Å². The van der Waals surface area contributed by atoms with Gasteiger partial charge >= 0.3 is 0 Å². The fourth-order valence-electron chi connectivity index (χ4n) is 3.03. The lowest BCUT2D eigenvalue weighted by Gasteiger charge is -2.04. The maximum atomic E-state index is 13.7. The molecule has 1 aliphatic carbocycles. The van der Waals surface area contributed by atoms with Gasteiger partial charge in [-0.2, -0.15) is 4.98 Å². The Labute approximate surface area is 170 Å². The number of rotatable bonds is 6. The van der Waals surface area contributed by atoms with Crippen LogP contribution in [0.2, 0.25) is 0 Å². The molecule has 0 aliphatic heterocycles. The van der Waals surface area contributed by atoms with Gasteiger partial charge in [0, 0.05) is 36.0 Å². The van der Waals surface area contributed by atoms with E-state index in [1.807, 2.05) is 0 Å². The number of carbonyl (C=O) groups excluding carboxylic acids is 1. The molecule has 1 fully saturated rings. The minimum atomic E-state index is -0.404. The molecule has 1 N–H and O–H groups in total. The zero-order chi connectivity index (χ0) is 20.5. The molecule has 1 amide bonds. The summed E-state index contributed by atoms with van der Waals surface area (Å²) in [4.78, 5) is 25.3. The maximum Gasteiger partial charge on any atom is 0.271 e. The van der Waals surface area contributed by atoms with E-state index in [2.05, 4.69) is 25.4 Å². The molecule has 1 aliphatic rings. The Morgan fingerprint density at radius 1 is 1.23 bits per heavy atom. The summed E-state index contributed by atoms with van der Waals surface area (Å²) in [6, 6.07) is 9.86. The Bertz CT molecular complexity index is 1210. The molecule has 9 heteroatoms. The third kappa shape index (κ3) is 3.69. The summed E-state index contributed by atoms with van der Waals surface area (Å²) in [6.07, 6.45) is 6.87. The topological polar surface area (TPSA) is 98.7 Å². The maximum absolute atomic E-state index is 13.7. The van der Waals surface area contributed by atoms with Crippen LogP contribution in [0.4, 0.5) is 4.39 Å². The van der Waals surface area contributed by atoms with Crippen LogP contribution in [0.3, 0.4) is 0 Å². The van der Waals surface area contributed by atoms with Gasteiger partial charge in [-0.3, -0.25) is 9.36 Å². The first kappa shape index (κ1) is 18.2. The standard InChI is InChI=1S/C21H17FN6O2/c22-16-4-2-1-3-15(16)10-24-20(29)17-11-28(12-25-17)18-9-14(7-8-23-18)21-26-19(27-30-21)13-5-6-13/h1-4,7-9,11-13H,5-6,10H2,(H,24,29). The highest BCUT2D eigenvalue weighted by atomic mass is 19.1. The first-order valence-electron chi connectivity index (χ1n) is 9.53. The molecule has 5 rings (SSSR count). The number of amides is 1. The Hall–Kier alpha value is -3.88. The van der Waals surface area contributed by atoms with Crippen molar-refractivity contribution in [2.45, 2.75) is 25.3 Å². The summed E-state index contributed by atoms with van der Waals surface area (Å²) >= 11 is 0. The Morgan fingerprint density at radius 2 is 2.10 bits per heavy atom. The van der Waals surface area contributed by atoms with Crippen molar-refractivity contribution in [1.82, 2.24) is 30.0 Å². The van der Waals surface area contributed by atoms with Gasteiger partial charge in [0.1, 0.15) is 23.7 Å². The minimum Gasteiger partial charge on any atom is -0.346 e. The average molecular weight is 404 g/mol. The number of hydrogen-bond acceptors (Lipinski definition) is 6. The largest absolute Gasteiger partial charge is 0.346 e. The van der Waals surface area contributed by atoms with Crippen molar-refractivity contribution in [3.63, 3.8) is 0 Å². The molecule has 0 saturated heterocycles. The van der Waals surface area contributed by atoms with Crippen molar-refractivity contribution in [3.05, 3.63) is 78.0 Å². The van der Waals surface area contributed by atoms with Gasteiger partial charge in [0.2, 0.25) is 0 Å². The highest BCUT2D eigenvalue weighted by Crippen LogP contribution is 2.38. The predicted molar refractivity (Wildman–Crippen MR) is 104 cm³/mol. The van der Waals surface area contributed by atoms with E-state index in [-0.39, 0.29) is 18.1 Å². The van der Waals surface area contributed by atoms with Crippen molar-refractivity contribution in [1.29, 1.82) is 0 Å². The molecule has 1 saturated carbocycles. The number of hydrogen-bond donors (Lipinski definition) is 1. The molecular formula is C21H17FN6O2. The highest BCUT2D eigenvalue weighted by Gasteiger charge is 2.29. The molecule has 0 unspecified atom stereocenters. The van der Waals surface area contributed by atoms with Gasteiger partial charge in [-0.25, -0.2) is 14.4 Å². The van der Waals surface area contributed by atoms with E-state index in [1.54, 1.807) is 47.3 Å². The number of nitrogens with zero attached hydrogens (tertiary/aromatic N) is 5. The van der Waals surface area contributed by atoms with Crippen LogP contribution >= 0.6 is 0 Å². The van der Waals surface area contributed by atoms with Crippen LogP contribution in [-0.2, 0) is 6.54 Å². The van der Waals surface area contributed by atoms with E-state index in [4.69, 9.17) is 4.52 Å². The molecule has 3 heterocycles. The number of benzene rings is 1. The van der Waals surface area contributed by atoms with E-state index in [9.17, 15) is 9.18 Å². The van der Waals surface area contributed by atoms with Crippen LogP contribution in [0.25, 0.3) is 17.3 Å². The average Bonchev–Trinajstić information content (AvgIpc) is 3.29. The molecule has 0 atom stereocenters. The second-order valence-corrected chi connectivity index (χ2v) is 7.07. The SMILES string of the molecule is O=C(NCc1ccccc1F)c1cn(-c2cc(-c3nc(C4CC4)no3)ccn2)cn1. The molecule has 0 spiro atoms. The lowest BCUT2D eigenvalue weighted by Crippen LogP contribution is -2.23. The third-order valence-electron chi connectivity index (χ3n) is 4.85. The lowest BCUT2D eigenvalue weighted by molar-refractivity contribution is 0.0946. The van der Waals surface area contributed by atoms with Gasteiger partial charge in [0.25, 0.3) is 11.8 Å². The molecule has 0 radical (unpaired) electrons. The third-order valence-corrected chi connectivity index (χ3v) is 4.85. The number of imidazole rings is 1. The molecule has 4 aromatic rings. The summed E-state index contributed by atoms with van der Waals surface area (Å²) in [6.45, 7) is 0.0760. The summed E-state index contributed by atoms with van der Waals surface area (Å²) in [5, 5.41) is 6.70. The molecule has 0 bridgehead atoms. The van der Waals surface area contributed by atoms with Gasteiger partial charge in [0.05, 0.1) is 0 Å². The van der Waals surface area contributed by atoms with Gasteiger partial charge < -0.3 is 9.84 Å². The van der Waals surface area contributed by atoms with Crippen LogP contribution in [-0.4, -0.2) is 30.6 Å². The van der Waals surface area contributed by atoms with Crippen molar-refractivity contribution in [2.75, 3.05) is 0 Å². The minimum absolute atomic E-state index is 0.0760. The quantitative estimate of drug-likeness (QED) is 0.530. The first-order chi connectivity index (χ1) is 14.7. The van der Waals surface area contributed by atoms with E-state index in [0.29, 0.717) is 23.2 Å². The van der Waals surface area contributed by atoms with Crippen LogP contribution in [0.5, 0.6) is 0 Å². The Morgan fingerprint density at radius 3 is 2.93 bits per heavy atom.